The van der Waals surface area contributed by atoms with Gasteiger partial charge in [-0.1, -0.05) is 17.7 Å². The van der Waals surface area contributed by atoms with E-state index in [1.54, 1.807) is 12.1 Å². The highest BCUT2D eigenvalue weighted by Crippen LogP contribution is 2.36. The summed E-state index contributed by atoms with van der Waals surface area (Å²) in [6.45, 7) is 1.67. The predicted octanol–water partition coefficient (Wildman–Crippen LogP) is 4.81. The molecule has 30 heavy (non-hydrogen) atoms. The molecule has 2 rings (SSSR count). The predicted molar refractivity (Wildman–Crippen MR) is 92.1 cm³/mol. The molecule has 2 N–H and O–H groups in total. The Morgan fingerprint density at radius 3 is 1.67 bits per heavy atom. The van der Waals surface area contributed by atoms with Crippen LogP contribution in [0.4, 0.5) is 26.3 Å². The van der Waals surface area contributed by atoms with Crippen molar-refractivity contribution in [2.24, 2.45) is 0 Å². The van der Waals surface area contributed by atoms with Crippen molar-refractivity contribution in [3.8, 4) is 5.75 Å². The lowest BCUT2D eigenvalue weighted by atomic mass is 10.0. The number of carbonyl (C=O) groups is 2. The minimum Gasteiger partial charge on any atom is -0.482 e. The minimum atomic E-state index is -4.96. The van der Waals surface area contributed by atoms with Crippen molar-refractivity contribution in [2.75, 3.05) is 6.61 Å². The van der Waals surface area contributed by atoms with E-state index < -0.39 is 47.4 Å². The zero-order valence-corrected chi connectivity index (χ0v) is 15.3. The van der Waals surface area contributed by atoms with E-state index in [1.165, 1.54) is 0 Å². The molecule has 0 bridgehead atoms. The van der Waals surface area contributed by atoms with Crippen LogP contribution in [0.5, 0.6) is 5.75 Å². The fraction of sp³-hybridized carbons (Fsp3) is 0.263. The van der Waals surface area contributed by atoms with Crippen molar-refractivity contribution in [1.29, 1.82) is 0 Å². The summed E-state index contributed by atoms with van der Waals surface area (Å²) in [6, 6.07) is 7.98. The highest BCUT2D eigenvalue weighted by Gasteiger charge is 2.36. The van der Waals surface area contributed by atoms with Crippen molar-refractivity contribution < 1.29 is 50.9 Å². The molecule has 11 heteroatoms. The molecule has 0 saturated carbocycles. The highest BCUT2D eigenvalue weighted by atomic mass is 19.4. The molecule has 164 valence electrons. The molecule has 0 spiro atoms. The number of halogens is 6. The van der Waals surface area contributed by atoms with Gasteiger partial charge in [-0.25, -0.2) is 4.79 Å². The summed E-state index contributed by atoms with van der Waals surface area (Å²) >= 11 is 0. The maximum Gasteiger partial charge on any atom is 0.416 e. The molecular weight excluding hydrogens is 422 g/mol. The van der Waals surface area contributed by atoms with E-state index in [9.17, 15) is 35.9 Å². The van der Waals surface area contributed by atoms with E-state index in [4.69, 9.17) is 14.9 Å². The highest BCUT2D eigenvalue weighted by molar-refractivity contribution is 5.70. The molecule has 0 fully saturated rings. The first-order valence-corrected chi connectivity index (χ1v) is 8.10. The van der Waals surface area contributed by atoms with Crippen molar-refractivity contribution in [3.63, 3.8) is 0 Å². The molecule has 0 unspecified atom stereocenters. The van der Waals surface area contributed by atoms with Gasteiger partial charge in [-0.05, 0) is 42.8 Å². The van der Waals surface area contributed by atoms with Gasteiger partial charge in [0.05, 0.1) is 17.5 Å². The van der Waals surface area contributed by atoms with Crippen LogP contribution in [0.2, 0.25) is 0 Å². The number of carboxylic acid groups (broad SMARTS) is 2. The van der Waals surface area contributed by atoms with Crippen molar-refractivity contribution in [2.45, 2.75) is 25.7 Å². The molecule has 0 aliphatic heterocycles. The number of carboxylic acids is 2. The number of alkyl halides is 6. The Balaban J connectivity index is 0.000000325. The maximum absolute atomic E-state index is 12.4. The standard InChI is InChI=1S/C10H6F6O2.C9H10O3/c11-9(12,13)6-1-5(3-8(17)18)2-7(4-6)10(14,15)16;1-7-2-4-8(5-3-7)12-6-9(10)11/h1-2,4H,3H2,(H,17,18);2-5H,6H2,1H3,(H,10,11). The molecule has 0 aromatic heterocycles. The largest absolute Gasteiger partial charge is 0.482 e. The van der Waals surface area contributed by atoms with Gasteiger partial charge in [0, 0.05) is 0 Å². The smallest absolute Gasteiger partial charge is 0.416 e. The second-order valence-electron chi connectivity index (χ2n) is 5.98. The van der Waals surface area contributed by atoms with E-state index >= 15 is 0 Å². The summed E-state index contributed by atoms with van der Waals surface area (Å²) in [5.74, 6) is -1.89. The molecule has 0 amide bonds. The van der Waals surface area contributed by atoms with Crippen LogP contribution in [-0.2, 0) is 28.4 Å². The third kappa shape index (κ3) is 8.84. The van der Waals surface area contributed by atoms with Gasteiger partial charge >= 0.3 is 24.3 Å². The van der Waals surface area contributed by atoms with E-state index in [0.717, 1.165) is 5.56 Å². The summed E-state index contributed by atoms with van der Waals surface area (Å²) in [7, 11) is 0. The quantitative estimate of drug-likeness (QED) is 0.655. The van der Waals surface area contributed by atoms with Crippen molar-refractivity contribution in [1.82, 2.24) is 0 Å². The Morgan fingerprint density at radius 2 is 1.30 bits per heavy atom. The van der Waals surface area contributed by atoms with Gasteiger partial charge < -0.3 is 14.9 Å². The molecule has 5 nitrogen and oxygen atoms in total. The fourth-order valence-electron chi connectivity index (χ4n) is 2.08. The summed E-state index contributed by atoms with van der Waals surface area (Å²) in [6.07, 6.45) is -10.8. The fourth-order valence-corrected chi connectivity index (χ4v) is 2.08. The Kier molecular flexibility index (Phi) is 8.26. The minimum absolute atomic E-state index is 0.0502. The summed E-state index contributed by atoms with van der Waals surface area (Å²) in [5.41, 5.74) is -2.47. The first kappa shape index (κ1) is 24.8. The molecule has 0 atom stereocenters. The Labute approximate surface area is 166 Å². The normalized spacial score (nSPS) is 11.3. The van der Waals surface area contributed by atoms with E-state index in [0.29, 0.717) is 17.9 Å². The number of hydrogen-bond donors (Lipinski definition) is 2. The van der Waals surface area contributed by atoms with Gasteiger partial charge in [0.15, 0.2) is 6.61 Å². The number of aryl methyl sites for hydroxylation is 1. The van der Waals surface area contributed by atoms with E-state index in [1.807, 2.05) is 19.1 Å². The third-order valence-electron chi connectivity index (χ3n) is 3.39. The van der Waals surface area contributed by atoms with Crippen LogP contribution in [0.15, 0.2) is 42.5 Å². The number of aliphatic carboxylic acids is 2. The monoisotopic (exact) mass is 438 g/mol. The topological polar surface area (TPSA) is 83.8 Å². The molecule has 0 saturated heterocycles. The zero-order chi connectivity index (χ0) is 23.1. The van der Waals surface area contributed by atoms with Crippen LogP contribution in [-0.4, -0.2) is 28.8 Å². The second-order valence-corrected chi connectivity index (χ2v) is 5.98. The second kappa shape index (κ2) is 9.99. The van der Waals surface area contributed by atoms with Gasteiger partial charge in [0.2, 0.25) is 0 Å². The molecule has 0 aliphatic carbocycles. The van der Waals surface area contributed by atoms with Gasteiger partial charge in [-0.2, -0.15) is 26.3 Å². The van der Waals surface area contributed by atoms with Crippen LogP contribution >= 0.6 is 0 Å². The molecular formula is C19H16F6O5. The first-order valence-electron chi connectivity index (χ1n) is 8.10. The Bertz CT molecular complexity index is 840. The average Bonchev–Trinajstić information content (AvgIpc) is 2.59. The molecule has 0 radical (unpaired) electrons. The van der Waals surface area contributed by atoms with Crippen molar-refractivity contribution >= 4 is 11.9 Å². The van der Waals surface area contributed by atoms with Gasteiger partial charge in [0.1, 0.15) is 5.75 Å². The summed E-state index contributed by atoms with van der Waals surface area (Å²) in [4.78, 5) is 20.4. The maximum atomic E-state index is 12.4. The van der Waals surface area contributed by atoms with Crippen LogP contribution in [0.1, 0.15) is 22.3 Å². The van der Waals surface area contributed by atoms with Crippen LogP contribution in [0, 0.1) is 6.92 Å². The number of benzene rings is 2. The summed E-state index contributed by atoms with van der Waals surface area (Å²) < 4.78 is 79.1. The lowest BCUT2D eigenvalue weighted by molar-refractivity contribution is -0.144. The first-order chi connectivity index (χ1) is 13.7. The number of rotatable bonds is 5. The molecule has 2 aromatic rings. The van der Waals surface area contributed by atoms with Crippen LogP contribution in [0.3, 0.4) is 0 Å². The Morgan fingerprint density at radius 1 is 0.833 bits per heavy atom. The molecule has 0 aliphatic rings. The average molecular weight is 438 g/mol. The lowest BCUT2D eigenvalue weighted by Crippen LogP contribution is -2.13. The molecule has 2 aromatic carbocycles. The SMILES string of the molecule is Cc1ccc(OCC(=O)O)cc1.O=C(O)Cc1cc(C(F)(F)F)cc(C(F)(F)F)c1. The summed E-state index contributed by atoms with van der Waals surface area (Å²) in [5, 5.41) is 16.7. The van der Waals surface area contributed by atoms with Crippen LogP contribution in [0.25, 0.3) is 0 Å². The van der Waals surface area contributed by atoms with Gasteiger partial charge in [-0.3, -0.25) is 4.79 Å². The lowest BCUT2D eigenvalue weighted by Gasteiger charge is -2.13. The number of ether oxygens (including phenoxy) is 1. The third-order valence-corrected chi connectivity index (χ3v) is 3.39. The van der Waals surface area contributed by atoms with Crippen LogP contribution < -0.4 is 4.74 Å². The zero-order valence-electron chi connectivity index (χ0n) is 15.3. The van der Waals surface area contributed by atoms with Crippen molar-refractivity contribution in [3.05, 3.63) is 64.7 Å². The van der Waals surface area contributed by atoms with Gasteiger partial charge in [0.25, 0.3) is 0 Å². The Hall–Kier alpha value is -3.24. The molecule has 0 heterocycles. The number of hydrogen-bond acceptors (Lipinski definition) is 3. The van der Waals surface area contributed by atoms with E-state index in [-0.39, 0.29) is 12.7 Å². The van der Waals surface area contributed by atoms with Gasteiger partial charge in [-0.15, -0.1) is 0 Å². The van der Waals surface area contributed by atoms with E-state index in [2.05, 4.69) is 0 Å².